The SMILES string of the molecule is Cc1csc(N2CCCN([C@H]3Cc4ccccc4[C@H]3O)CC2)n1. The molecule has 4 rings (SSSR count). The van der Waals surface area contributed by atoms with E-state index in [1.165, 1.54) is 5.56 Å². The minimum absolute atomic E-state index is 0.227. The van der Waals surface area contributed by atoms with E-state index in [9.17, 15) is 5.11 Å². The van der Waals surface area contributed by atoms with E-state index in [-0.39, 0.29) is 12.1 Å². The Morgan fingerprint density at radius 3 is 2.83 bits per heavy atom. The maximum absolute atomic E-state index is 10.7. The number of benzene rings is 1. The van der Waals surface area contributed by atoms with Crippen molar-refractivity contribution < 1.29 is 5.11 Å². The van der Waals surface area contributed by atoms with Crippen molar-refractivity contribution in [3.05, 3.63) is 46.5 Å². The Hall–Kier alpha value is -1.43. The molecular weight excluding hydrogens is 306 g/mol. The van der Waals surface area contributed by atoms with Gasteiger partial charge in [0.2, 0.25) is 0 Å². The number of aliphatic hydroxyl groups excluding tert-OH is 1. The van der Waals surface area contributed by atoms with E-state index in [0.717, 1.165) is 55.4 Å². The van der Waals surface area contributed by atoms with Crippen LogP contribution >= 0.6 is 11.3 Å². The maximum Gasteiger partial charge on any atom is 0.185 e. The second-order valence-corrected chi connectivity index (χ2v) is 7.40. The van der Waals surface area contributed by atoms with Gasteiger partial charge < -0.3 is 10.0 Å². The summed E-state index contributed by atoms with van der Waals surface area (Å²) in [6, 6.07) is 8.55. The monoisotopic (exact) mass is 329 g/mol. The number of hydrogen-bond acceptors (Lipinski definition) is 5. The molecule has 1 saturated heterocycles. The summed E-state index contributed by atoms with van der Waals surface area (Å²) < 4.78 is 0. The summed E-state index contributed by atoms with van der Waals surface area (Å²) in [6.45, 7) is 6.15. The van der Waals surface area contributed by atoms with Gasteiger partial charge in [0.25, 0.3) is 0 Å². The molecule has 122 valence electrons. The average Bonchev–Trinajstić information content (AvgIpc) is 3.03. The molecule has 1 aromatic carbocycles. The van der Waals surface area contributed by atoms with E-state index in [1.807, 2.05) is 6.07 Å². The van der Waals surface area contributed by atoms with E-state index in [1.54, 1.807) is 11.3 Å². The van der Waals surface area contributed by atoms with Crippen molar-refractivity contribution in [3.63, 3.8) is 0 Å². The second kappa shape index (κ2) is 6.23. The number of anilines is 1. The zero-order valence-corrected chi connectivity index (χ0v) is 14.3. The molecule has 2 aromatic rings. The van der Waals surface area contributed by atoms with Gasteiger partial charge in [-0.2, -0.15) is 0 Å². The van der Waals surface area contributed by atoms with Crippen molar-refractivity contribution in [2.75, 3.05) is 31.1 Å². The molecule has 2 aliphatic rings. The Labute approximate surface area is 141 Å². The molecule has 1 N–H and O–H groups in total. The lowest BCUT2D eigenvalue weighted by atomic mass is 10.1. The Bertz CT molecular complexity index is 686. The van der Waals surface area contributed by atoms with Crippen molar-refractivity contribution in [2.24, 2.45) is 0 Å². The molecule has 1 fully saturated rings. The number of rotatable bonds is 2. The lowest BCUT2D eigenvalue weighted by Crippen LogP contribution is -2.40. The third-order valence-corrected chi connectivity index (χ3v) is 6.06. The molecule has 1 aromatic heterocycles. The summed E-state index contributed by atoms with van der Waals surface area (Å²) in [5.41, 5.74) is 3.53. The van der Waals surface area contributed by atoms with Gasteiger partial charge in [0.1, 0.15) is 0 Å². The first-order valence-electron chi connectivity index (χ1n) is 8.39. The zero-order valence-electron chi connectivity index (χ0n) is 13.5. The van der Waals surface area contributed by atoms with Crippen molar-refractivity contribution in [1.29, 1.82) is 0 Å². The normalized spacial score (nSPS) is 25.4. The van der Waals surface area contributed by atoms with Crippen molar-refractivity contribution in [3.8, 4) is 0 Å². The van der Waals surface area contributed by atoms with Crippen LogP contribution in [0.3, 0.4) is 0 Å². The van der Waals surface area contributed by atoms with E-state index in [0.29, 0.717) is 0 Å². The first-order valence-corrected chi connectivity index (χ1v) is 9.27. The number of nitrogens with zero attached hydrogens (tertiary/aromatic N) is 3. The summed E-state index contributed by atoms with van der Waals surface area (Å²) >= 11 is 1.74. The zero-order chi connectivity index (χ0) is 15.8. The highest BCUT2D eigenvalue weighted by Crippen LogP contribution is 2.35. The van der Waals surface area contributed by atoms with Crippen LogP contribution in [0.5, 0.6) is 0 Å². The Morgan fingerprint density at radius 1 is 1.17 bits per heavy atom. The number of aryl methyl sites for hydroxylation is 1. The highest BCUT2D eigenvalue weighted by molar-refractivity contribution is 7.13. The van der Waals surface area contributed by atoms with E-state index >= 15 is 0 Å². The van der Waals surface area contributed by atoms with Crippen LogP contribution in [-0.2, 0) is 6.42 Å². The number of aliphatic hydroxyl groups is 1. The molecule has 4 nitrogen and oxygen atoms in total. The molecule has 0 amide bonds. The Balaban J connectivity index is 1.46. The van der Waals surface area contributed by atoms with Gasteiger partial charge in [-0.25, -0.2) is 4.98 Å². The quantitative estimate of drug-likeness (QED) is 0.919. The van der Waals surface area contributed by atoms with Crippen LogP contribution in [0.4, 0.5) is 5.13 Å². The lowest BCUT2D eigenvalue weighted by molar-refractivity contribution is 0.0647. The smallest absolute Gasteiger partial charge is 0.185 e. The molecule has 5 heteroatoms. The second-order valence-electron chi connectivity index (χ2n) is 6.56. The minimum atomic E-state index is -0.347. The summed E-state index contributed by atoms with van der Waals surface area (Å²) in [5, 5.41) is 14.0. The summed E-state index contributed by atoms with van der Waals surface area (Å²) in [6.07, 6.45) is 1.74. The van der Waals surface area contributed by atoms with Gasteiger partial charge in [-0.15, -0.1) is 11.3 Å². The van der Waals surface area contributed by atoms with Gasteiger partial charge in [0.15, 0.2) is 5.13 Å². The minimum Gasteiger partial charge on any atom is -0.387 e. The predicted molar refractivity (Wildman–Crippen MR) is 94.1 cm³/mol. The van der Waals surface area contributed by atoms with Gasteiger partial charge in [0.05, 0.1) is 11.8 Å². The van der Waals surface area contributed by atoms with Gasteiger partial charge in [-0.1, -0.05) is 24.3 Å². The topological polar surface area (TPSA) is 39.6 Å². The van der Waals surface area contributed by atoms with Crippen LogP contribution in [0.15, 0.2) is 29.6 Å². The fourth-order valence-corrected chi connectivity index (χ4v) is 4.69. The van der Waals surface area contributed by atoms with Gasteiger partial charge in [-0.3, -0.25) is 4.90 Å². The fourth-order valence-electron chi connectivity index (χ4n) is 3.83. The third-order valence-electron chi connectivity index (χ3n) is 5.04. The van der Waals surface area contributed by atoms with Crippen LogP contribution in [0.2, 0.25) is 0 Å². The molecular formula is C18H23N3OS. The molecule has 1 aliphatic carbocycles. The van der Waals surface area contributed by atoms with Crippen molar-refractivity contribution in [2.45, 2.75) is 31.9 Å². The molecule has 2 atom stereocenters. The van der Waals surface area contributed by atoms with Gasteiger partial charge >= 0.3 is 0 Å². The third kappa shape index (κ3) is 2.89. The first kappa shape index (κ1) is 15.1. The molecule has 0 radical (unpaired) electrons. The largest absolute Gasteiger partial charge is 0.387 e. The lowest BCUT2D eigenvalue weighted by Gasteiger charge is -2.30. The highest BCUT2D eigenvalue weighted by Gasteiger charge is 2.35. The van der Waals surface area contributed by atoms with Gasteiger partial charge in [-0.05, 0) is 30.9 Å². The van der Waals surface area contributed by atoms with E-state index in [2.05, 4.69) is 45.3 Å². The van der Waals surface area contributed by atoms with Crippen LogP contribution in [0.1, 0.15) is 29.3 Å². The highest BCUT2D eigenvalue weighted by atomic mass is 32.1. The molecule has 0 spiro atoms. The van der Waals surface area contributed by atoms with Crippen molar-refractivity contribution in [1.82, 2.24) is 9.88 Å². The number of hydrogen-bond donors (Lipinski definition) is 1. The Kier molecular flexibility index (Phi) is 4.09. The van der Waals surface area contributed by atoms with Crippen LogP contribution < -0.4 is 4.90 Å². The van der Waals surface area contributed by atoms with Crippen LogP contribution in [0, 0.1) is 6.92 Å². The molecule has 0 saturated carbocycles. The first-order chi connectivity index (χ1) is 11.2. The molecule has 1 aliphatic heterocycles. The summed E-state index contributed by atoms with van der Waals surface area (Å²) in [7, 11) is 0. The number of aromatic nitrogens is 1. The van der Waals surface area contributed by atoms with E-state index in [4.69, 9.17) is 0 Å². The van der Waals surface area contributed by atoms with E-state index < -0.39 is 0 Å². The average molecular weight is 329 g/mol. The standard InChI is InChI=1S/C18H23N3OS/c1-13-12-23-18(19-13)21-8-4-7-20(9-10-21)16-11-14-5-2-3-6-15(14)17(16)22/h2-3,5-6,12,16-17,22H,4,7-11H2,1H3/t16-,17+/m0/s1. The fraction of sp³-hybridized carbons (Fsp3) is 0.500. The number of fused-ring (bicyclic) bond motifs is 1. The van der Waals surface area contributed by atoms with Crippen LogP contribution in [0.25, 0.3) is 0 Å². The summed E-state index contributed by atoms with van der Waals surface area (Å²) in [4.78, 5) is 9.49. The molecule has 0 unspecified atom stereocenters. The molecule has 2 heterocycles. The molecule has 23 heavy (non-hydrogen) atoms. The van der Waals surface area contributed by atoms with Gasteiger partial charge in [0, 0.05) is 37.6 Å². The Morgan fingerprint density at radius 2 is 2.04 bits per heavy atom. The number of thiazole rings is 1. The predicted octanol–water partition coefficient (Wildman–Crippen LogP) is 2.62. The van der Waals surface area contributed by atoms with Crippen LogP contribution in [-0.4, -0.2) is 47.2 Å². The summed E-state index contributed by atoms with van der Waals surface area (Å²) in [5.74, 6) is 0. The maximum atomic E-state index is 10.7. The van der Waals surface area contributed by atoms with Crippen molar-refractivity contribution >= 4 is 16.5 Å². The molecule has 0 bridgehead atoms.